The minimum absolute atomic E-state index is 0.0133. The molecule has 2 heterocycles. The summed E-state index contributed by atoms with van der Waals surface area (Å²) in [4.78, 5) is 40.7. The summed E-state index contributed by atoms with van der Waals surface area (Å²) in [6.07, 6.45) is 5.50. The average Bonchev–Trinajstić information content (AvgIpc) is 3.25. The predicted octanol–water partition coefficient (Wildman–Crippen LogP) is 4.90. The number of ether oxygens (including phenoxy) is 2. The van der Waals surface area contributed by atoms with E-state index < -0.39 is 0 Å². The molecule has 2 aromatic rings. The van der Waals surface area contributed by atoms with E-state index in [0.717, 1.165) is 49.0 Å². The third-order valence-corrected chi connectivity index (χ3v) is 8.03. The Hall–Kier alpha value is -2.78. The van der Waals surface area contributed by atoms with Crippen LogP contribution in [-0.4, -0.2) is 55.7 Å². The molecule has 1 saturated heterocycles. The molecule has 2 aliphatic rings. The standard InChI is InChI=1S/C26H32ClN3O5S/c1-2-34-25(32)23-20-5-3-4-6-21(20)36-24(23)29-26(33)28-15-17-11-13-30(14-12-17)22(31)16-35-19-9-7-18(27)8-10-19/h7-10,17H,2-6,11-16H2,1H3,(H2,28,29,33). The fraction of sp³-hybridized carbons (Fsp3) is 0.500. The van der Waals surface area contributed by atoms with Gasteiger partial charge in [0.05, 0.1) is 12.2 Å². The lowest BCUT2D eigenvalue weighted by atomic mass is 9.95. The highest BCUT2D eigenvalue weighted by molar-refractivity contribution is 7.17. The maximum absolute atomic E-state index is 12.7. The molecular weight excluding hydrogens is 502 g/mol. The Labute approximate surface area is 220 Å². The second-order valence-electron chi connectivity index (χ2n) is 9.04. The number of rotatable bonds is 8. The Morgan fingerprint density at radius 2 is 1.83 bits per heavy atom. The molecule has 0 radical (unpaired) electrons. The van der Waals surface area contributed by atoms with Gasteiger partial charge < -0.3 is 19.7 Å². The van der Waals surface area contributed by atoms with E-state index in [0.29, 0.717) is 47.6 Å². The number of anilines is 1. The monoisotopic (exact) mass is 533 g/mol. The first-order valence-electron chi connectivity index (χ1n) is 12.5. The SMILES string of the molecule is CCOC(=O)c1c(NC(=O)NCC2CCN(C(=O)COc3ccc(Cl)cc3)CC2)sc2c1CCCC2. The van der Waals surface area contributed by atoms with Crippen LogP contribution >= 0.6 is 22.9 Å². The Morgan fingerprint density at radius 1 is 1.11 bits per heavy atom. The van der Waals surface area contributed by atoms with Crippen molar-refractivity contribution in [2.45, 2.75) is 45.4 Å². The summed E-state index contributed by atoms with van der Waals surface area (Å²) < 4.78 is 10.8. The minimum atomic E-state index is -0.371. The van der Waals surface area contributed by atoms with Gasteiger partial charge in [-0.05, 0) is 81.2 Å². The van der Waals surface area contributed by atoms with Crippen molar-refractivity contribution in [3.8, 4) is 5.75 Å². The van der Waals surface area contributed by atoms with Crippen LogP contribution in [0, 0.1) is 5.92 Å². The Balaban J connectivity index is 1.22. The zero-order valence-corrected chi connectivity index (χ0v) is 22.0. The molecule has 0 saturated carbocycles. The minimum Gasteiger partial charge on any atom is -0.484 e. The number of likely N-dealkylation sites (tertiary alicyclic amines) is 1. The number of carbonyl (C=O) groups is 3. The zero-order valence-electron chi connectivity index (χ0n) is 20.4. The normalized spacial score (nSPS) is 15.7. The molecule has 10 heteroatoms. The summed E-state index contributed by atoms with van der Waals surface area (Å²) >= 11 is 7.35. The van der Waals surface area contributed by atoms with Crippen molar-refractivity contribution in [2.75, 3.05) is 38.2 Å². The van der Waals surface area contributed by atoms with Crippen LogP contribution in [0.5, 0.6) is 5.75 Å². The molecular formula is C26H32ClN3O5S. The van der Waals surface area contributed by atoms with E-state index in [1.807, 2.05) is 0 Å². The molecule has 1 aliphatic carbocycles. The van der Waals surface area contributed by atoms with Crippen LogP contribution in [0.3, 0.4) is 0 Å². The van der Waals surface area contributed by atoms with Gasteiger partial charge in [0.2, 0.25) is 0 Å². The van der Waals surface area contributed by atoms with Gasteiger partial charge in [-0.3, -0.25) is 10.1 Å². The molecule has 1 fully saturated rings. The first-order chi connectivity index (χ1) is 17.4. The van der Waals surface area contributed by atoms with E-state index >= 15 is 0 Å². The van der Waals surface area contributed by atoms with Gasteiger partial charge in [-0.2, -0.15) is 0 Å². The number of esters is 1. The van der Waals surface area contributed by atoms with Gasteiger partial charge in [-0.15, -0.1) is 11.3 Å². The van der Waals surface area contributed by atoms with Gasteiger partial charge in [0, 0.05) is 29.5 Å². The quantitative estimate of drug-likeness (QED) is 0.471. The summed E-state index contributed by atoms with van der Waals surface area (Å²) in [5.74, 6) is 0.458. The molecule has 1 aromatic carbocycles. The van der Waals surface area contributed by atoms with E-state index in [1.165, 1.54) is 11.3 Å². The molecule has 0 spiro atoms. The van der Waals surface area contributed by atoms with Gasteiger partial charge in [0.1, 0.15) is 10.8 Å². The summed E-state index contributed by atoms with van der Waals surface area (Å²) in [6, 6.07) is 6.59. The predicted molar refractivity (Wildman–Crippen MR) is 140 cm³/mol. The number of urea groups is 1. The highest BCUT2D eigenvalue weighted by Crippen LogP contribution is 2.38. The highest BCUT2D eigenvalue weighted by atomic mass is 35.5. The summed E-state index contributed by atoms with van der Waals surface area (Å²) in [6.45, 7) is 3.82. The van der Waals surface area contributed by atoms with Crippen molar-refractivity contribution in [3.05, 3.63) is 45.3 Å². The molecule has 0 bridgehead atoms. The first kappa shape index (κ1) is 26.3. The highest BCUT2D eigenvalue weighted by Gasteiger charge is 2.28. The molecule has 0 atom stereocenters. The van der Waals surface area contributed by atoms with Gasteiger partial charge >= 0.3 is 12.0 Å². The first-order valence-corrected chi connectivity index (χ1v) is 13.7. The number of piperidine rings is 1. The summed E-state index contributed by atoms with van der Waals surface area (Å²) in [5, 5.41) is 7.01. The number of aryl methyl sites for hydroxylation is 1. The molecule has 1 aliphatic heterocycles. The number of fused-ring (bicyclic) bond motifs is 1. The van der Waals surface area contributed by atoms with Gasteiger partial charge in [0.15, 0.2) is 6.61 Å². The number of amides is 3. The molecule has 0 unspecified atom stereocenters. The zero-order chi connectivity index (χ0) is 25.5. The average molecular weight is 534 g/mol. The van der Waals surface area contributed by atoms with Crippen molar-refractivity contribution in [1.82, 2.24) is 10.2 Å². The summed E-state index contributed by atoms with van der Waals surface area (Å²) in [5.41, 5.74) is 1.54. The lowest BCUT2D eigenvalue weighted by Crippen LogP contribution is -2.43. The van der Waals surface area contributed by atoms with E-state index in [1.54, 1.807) is 36.1 Å². The van der Waals surface area contributed by atoms with Crippen LogP contribution in [0.25, 0.3) is 0 Å². The van der Waals surface area contributed by atoms with Crippen molar-refractivity contribution in [1.29, 1.82) is 0 Å². The molecule has 2 N–H and O–H groups in total. The van der Waals surface area contributed by atoms with Crippen LogP contribution in [-0.2, 0) is 22.4 Å². The van der Waals surface area contributed by atoms with E-state index in [-0.39, 0.29) is 30.4 Å². The number of carbonyl (C=O) groups excluding carboxylic acids is 3. The maximum atomic E-state index is 12.7. The van der Waals surface area contributed by atoms with E-state index in [9.17, 15) is 14.4 Å². The van der Waals surface area contributed by atoms with Gasteiger partial charge in [-0.1, -0.05) is 11.6 Å². The van der Waals surface area contributed by atoms with Gasteiger partial charge in [0.25, 0.3) is 5.91 Å². The van der Waals surface area contributed by atoms with Gasteiger partial charge in [-0.25, -0.2) is 9.59 Å². The Kier molecular flexibility index (Phi) is 9.09. The molecule has 36 heavy (non-hydrogen) atoms. The second kappa shape index (κ2) is 12.5. The van der Waals surface area contributed by atoms with Crippen molar-refractivity contribution >= 4 is 45.8 Å². The fourth-order valence-electron chi connectivity index (χ4n) is 4.61. The van der Waals surface area contributed by atoms with Crippen LogP contribution in [0.1, 0.15) is 53.4 Å². The maximum Gasteiger partial charge on any atom is 0.341 e. The van der Waals surface area contributed by atoms with Crippen LogP contribution in [0.2, 0.25) is 5.02 Å². The van der Waals surface area contributed by atoms with Crippen molar-refractivity contribution in [2.24, 2.45) is 5.92 Å². The number of thiophene rings is 1. The largest absolute Gasteiger partial charge is 0.484 e. The van der Waals surface area contributed by atoms with E-state index in [4.69, 9.17) is 21.1 Å². The number of benzene rings is 1. The fourth-order valence-corrected chi connectivity index (χ4v) is 6.01. The molecule has 4 rings (SSSR count). The Bertz CT molecular complexity index is 1080. The van der Waals surface area contributed by atoms with Crippen molar-refractivity contribution in [3.63, 3.8) is 0 Å². The lowest BCUT2D eigenvalue weighted by molar-refractivity contribution is -0.134. The van der Waals surface area contributed by atoms with E-state index in [2.05, 4.69) is 10.6 Å². The summed E-state index contributed by atoms with van der Waals surface area (Å²) in [7, 11) is 0. The number of nitrogens with one attached hydrogen (secondary N) is 2. The third-order valence-electron chi connectivity index (χ3n) is 6.57. The van der Waals surface area contributed by atoms with Crippen LogP contribution in [0.15, 0.2) is 24.3 Å². The van der Waals surface area contributed by atoms with Crippen LogP contribution in [0.4, 0.5) is 9.80 Å². The smallest absolute Gasteiger partial charge is 0.341 e. The third kappa shape index (κ3) is 6.70. The van der Waals surface area contributed by atoms with Crippen LogP contribution < -0.4 is 15.4 Å². The van der Waals surface area contributed by atoms with Crippen molar-refractivity contribution < 1.29 is 23.9 Å². The number of hydrogen-bond acceptors (Lipinski definition) is 6. The molecule has 8 nitrogen and oxygen atoms in total. The number of nitrogens with zero attached hydrogens (tertiary/aromatic N) is 1. The second-order valence-corrected chi connectivity index (χ2v) is 10.6. The molecule has 3 amide bonds. The molecule has 194 valence electrons. The topological polar surface area (TPSA) is 97.0 Å². The number of hydrogen-bond donors (Lipinski definition) is 2. The lowest BCUT2D eigenvalue weighted by Gasteiger charge is -2.32. The number of halogens is 1. The molecule has 1 aromatic heterocycles. The Morgan fingerprint density at radius 3 is 2.56 bits per heavy atom.